The molecule has 0 unspecified atom stereocenters. The highest BCUT2D eigenvalue weighted by molar-refractivity contribution is 6.30. The molecule has 0 aliphatic rings. The molecule has 0 aromatic heterocycles. The molecular formula is C22H25ClN2O4. The van der Waals surface area contributed by atoms with Gasteiger partial charge in [0.2, 0.25) is 0 Å². The summed E-state index contributed by atoms with van der Waals surface area (Å²) < 4.78 is 5.05. The van der Waals surface area contributed by atoms with Crippen LogP contribution < -0.4 is 10.6 Å². The maximum absolute atomic E-state index is 12.3. The van der Waals surface area contributed by atoms with Gasteiger partial charge in [-0.2, -0.15) is 0 Å². The smallest absolute Gasteiger partial charge is 0.328 e. The standard InChI is InChI=1S/C22H25ClN2O4/c1-13(2)18-7-5-6-14(3)20(18)25-19(26)12-29-22(28)15(4)24-21(27)16-8-10-17(23)11-9-16/h5-11,13,15H,12H2,1-4H3,(H,24,27)(H,25,26)/t15-/m0/s1. The molecule has 0 aliphatic heterocycles. The number of nitrogens with one attached hydrogen (secondary N) is 2. The fourth-order valence-corrected chi connectivity index (χ4v) is 2.85. The average Bonchev–Trinajstić information content (AvgIpc) is 2.67. The van der Waals surface area contributed by atoms with E-state index in [1.54, 1.807) is 24.3 Å². The minimum atomic E-state index is -0.907. The van der Waals surface area contributed by atoms with Gasteiger partial charge in [0.05, 0.1) is 0 Å². The van der Waals surface area contributed by atoms with Gasteiger partial charge in [0, 0.05) is 16.3 Å². The van der Waals surface area contributed by atoms with Crippen LogP contribution in [0.2, 0.25) is 5.02 Å². The molecule has 0 heterocycles. The Morgan fingerprint density at radius 3 is 2.31 bits per heavy atom. The lowest BCUT2D eigenvalue weighted by Crippen LogP contribution is -2.40. The van der Waals surface area contributed by atoms with Crippen LogP contribution in [0.5, 0.6) is 0 Å². The van der Waals surface area contributed by atoms with E-state index in [1.165, 1.54) is 6.92 Å². The van der Waals surface area contributed by atoms with Gasteiger partial charge < -0.3 is 15.4 Å². The Balaban J connectivity index is 1.89. The van der Waals surface area contributed by atoms with Crippen molar-refractivity contribution in [1.82, 2.24) is 5.32 Å². The molecule has 0 fully saturated rings. The van der Waals surface area contributed by atoms with Crippen LogP contribution in [-0.2, 0) is 14.3 Å². The molecule has 29 heavy (non-hydrogen) atoms. The molecule has 0 aliphatic carbocycles. The van der Waals surface area contributed by atoms with Crippen molar-refractivity contribution in [2.75, 3.05) is 11.9 Å². The van der Waals surface area contributed by atoms with Crippen molar-refractivity contribution in [2.45, 2.75) is 39.7 Å². The van der Waals surface area contributed by atoms with Crippen molar-refractivity contribution < 1.29 is 19.1 Å². The number of hydrogen-bond donors (Lipinski definition) is 2. The molecule has 6 nitrogen and oxygen atoms in total. The number of benzene rings is 2. The number of ether oxygens (including phenoxy) is 1. The van der Waals surface area contributed by atoms with E-state index < -0.39 is 30.4 Å². The summed E-state index contributed by atoms with van der Waals surface area (Å²) in [4.78, 5) is 36.5. The van der Waals surface area contributed by atoms with Crippen molar-refractivity contribution >= 4 is 35.1 Å². The molecule has 0 radical (unpaired) electrons. The van der Waals surface area contributed by atoms with Crippen LogP contribution in [0.15, 0.2) is 42.5 Å². The first-order valence-corrected chi connectivity index (χ1v) is 9.69. The minimum Gasteiger partial charge on any atom is -0.454 e. The number of hydrogen-bond acceptors (Lipinski definition) is 4. The molecule has 1 atom stereocenters. The molecular weight excluding hydrogens is 392 g/mol. The number of rotatable bonds is 7. The van der Waals surface area contributed by atoms with E-state index in [0.29, 0.717) is 10.6 Å². The van der Waals surface area contributed by atoms with Gasteiger partial charge in [0.1, 0.15) is 6.04 Å². The molecule has 2 rings (SSSR count). The monoisotopic (exact) mass is 416 g/mol. The molecule has 154 valence electrons. The average molecular weight is 417 g/mol. The Kier molecular flexibility index (Phi) is 7.79. The van der Waals surface area contributed by atoms with Crippen LogP contribution in [0, 0.1) is 6.92 Å². The van der Waals surface area contributed by atoms with Gasteiger partial charge in [-0.05, 0) is 55.2 Å². The Bertz CT molecular complexity index is 894. The summed E-state index contributed by atoms with van der Waals surface area (Å²) in [6.45, 7) is 7.03. The molecule has 0 saturated heterocycles. The zero-order chi connectivity index (χ0) is 21.6. The van der Waals surface area contributed by atoms with E-state index in [4.69, 9.17) is 16.3 Å². The first kappa shape index (κ1) is 22.4. The molecule has 2 N–H and O–H groups in total. The topological polar surface area (TPSA) is 84.5 Å². The number of halogens is 1. The lowest BCUT2D eigenvalue weighted by Gasteiger charge is -2.17. The van der Waals surface area contributed by atoms with Crippen LogP contribution in [0.1, 0.15) is 48.2 Å². The van der Waals surface area contributed by atoms with Crippen molar-refractivity contribution in [3.8, 4) is 0 Å². The number of para-hydroxylation sites is 1. The van der Waals surface area contributed by atoms with E-state index in [-0.39, 0.29) is 5.92 Å². The highest BCUT2D eigenvalue weighted by Gasteiger charge is 2.20. The first-order chi connectivity index (χ1) is 13.7. The zero-order valence-electron chi connectivity index (χ0n) is 16.9. The van der Waals surface area contributed by atoms with Crippen LogP contribution in [0.4, 0.5) is 5.69 Å². The van der Waals surface area contributed by atoms with Gasteiger partial charge in [-0.3, -0.25) is 9.59 Å². The molecule has 0 spiro atoms. The van der Waals surface area contributed by atoms with Crippen molar-refractivity contribution in [3.63, 3.8) is 0 Å². The Hall–Kier alpha value is -2.86. The number of amides is 2. The molecule has 2 amide bonds. The first-order valence-electron chi connectivity index (χ1n) is 9.31. The normalized spacial score (nSPS) is 11.7. The van der Waals surface area contributed by atoms with Gasteiger partial charge in [0.25, 0.3) is 11.8 Å². The predicted molar refractivity (Wildman–Crippen MR) is 113 cm³/mol. The van der Waals surface area contributed by atoms with Gasteiger partial charge in [-0.25, -0.2) is 4.79 Å². The van der Waals surface area contributed by atoms with E-state index in [9.17, 15) is 14.4 Å². The second-order valence-corrected chi connectivity index (χ2v) is 7.49. The number of carbonyl (C=O) groups is 3. The number of aryl methyl sites for hydroxylation is 1. The van der Waals surface area contributed by atoms with Gasteiger partial charge in [-0.1, -0.05) is 43.6 Å². The SMILES string of the molecule is Cc1cccc(C(C)C)c1NC(=O)COC(=O)[C@H](C)NC(=O)c1ccc(Cl)cc1. The van der Waals surface area contributed by atoms with E-state index in [2.05, 4.69) is 10.6 Å². The largest absolute Gasteiger partial charge is 0.454 e. The molecule has 0 bridgehead atoms. The summed E-state index contributed by atoms with van der Waals surface area (Å²) in [5.74, 6) is -1.34. The summed E-state index contributed by atoms with van der Waals surface area (Å²) in [5.41, 5.74) is 3.04. The fraction of sp³-hybridized carbons (Fsp3) is 0.318. The third-order valence-corrected chi connectivity index (χ3v) is 4.60. The Labute approximate surface area is 175 Å². The quantitative estimate of drug-likeness (QED) is 0.666. The van der Waals surface area contributed by atoms with Crippen molar-refractivity contribution in [2.24, 2.45) is 0 Å². The van der Waals surface area contributed by atoms with Gasteiger partial charge >= 0.3 is 5.97 Å². The van der Waals surface area contributed by atoms with Crippen LogP contribution in [0.25, 0.3) is 0 Å². The van der Waals surface area contributed by atoms with Crippen LogP contribution in [-0.4, -0.2) is 30.4 Å². The Morgan fingerprint density at radius 2 is 1.69 bits per heavy atom. The maximum atomic E-state index is 12.3. The second kappa shape index (κ2) is 10.1. The molecule has 7 heteroatoms. The lowest BCUT2D eigenvalue weighted by atomic mass is 9.98. The summed E-state index contributed by atoms with van der Waals surface area (Å²) in [5, 5.41) is 5.85. The highest BCUT2D eigenvalue weighted by Crippen LogP contribution is 2.27. The summed E-state index contributed by atoms with van der Waals surface area (Å²) >= 11 is 5.79. The zero-order valence-corrected chi connectivity index (χ0v) is 17.7. The van der Waals surface area contributed by atoms with Crippen LogP contribution in [0.3, 0.4) is 0 Å². The molecule has 2 aromatic carbocycles. The van der Waals surface area contributed by atoms with E-state index >= 15 is 0 Å². The number of esters is 1. The van der Waals surface area contributed by atoms with Crippen molar-refractivity contribution in [3.05, 3.63) is 64.2 Å². The molecule has 2 aromatic rings. The third kappa shape index (κ3) is 6.32. The Morgan fingerprint density at radius 1 is 1.03 bits per heavy atom. The predicted octanol–water partition coefficient (Wildman–Crippen LogP) is 4.07. The fourth-order valence-electron chi connectivity index (χ4n) is 2.72. The van der Waals surface area contributed by atoms with Crippen LogP contribution >= 0.6 is 11.6 Å². The number of anilines is 1. The van der Waals surface area contributed by atoms with E-state index in [0.717, 1.165) is 16.8 Å². The molecule has 0 saturated carbocycles. The van der Waals surface area contributed by atoms with Crippen molar-refractivity contribution in [1.29, 1.82) is 0 Å². The summed E-state index contributed by atoms with van der Waals surface area (Å²) in [6.07, 6.45) is 0. The second-order valence-electron chi connectivity index (χ2n) is 7.05. The van der Waals surface area contributed by atoms with Gasteiger partial charge in [-0.15, -0.1) is 0 Å². The summed E-state index contributed by atoms with van der Waals surface area (Å²) in [7, 11) is 0. The maximum Gasteiger partial charge on any atom is 0.328 e. The lowest BCUT2D eigenvalue weighted by molar-refractivity contribution is -0.148. The summed E-state index contributed by atoms with van der Waals surface area (Å²) in [6, 6.07) is 11.2. The highest BCUT2D eigenvalue weighted by atomic mass is 35.5. The van der Waals surface area contributed by atoms with Gasteiger partial charge in [0.15, 0.2) is 6.61 Å². The minimum absolute atomic E-state index is 0.232. The third-order valence-electron chi connectivity index (χ3n) is 4.34. The van der Waals surface area contributed by atoms with E-state index in [1.807, 2.05) is 39.0 Å². The number of carbonyl (C=O) groups excluding carboxylic acids is 3.